The van der Waals surface area contributed by atoms with Crippen molar-refractivity contribution in [3.05, 3.63) is 0 Å². The van der Waals surface area contributed by atoms with Gasteiger partial charge in [-0.25, -0.2) is 0 Å². The number of nitrogens with zero attached hydrogens (tertiary/aromatic N) is 1. The molecule has 0 spiro atoms. The van der Waals surface area contributed by atoms with Gasteiger partial charge in [0.2, 0.25) is 0 Å². The third kappa shape index (κ3) is 3.71. The fourth-order valence-electron chi connectivity index (χ4n) is 3.98. The number of aliphatic hydroxyl groups excluding tert-OH is 1. The molecular formula is C16H31NO. The van der Waals surface area contributed by atoms with Gasteiger partial charge in [-0.1, -0.05) is 20.8 Å². The van der Waals surface area contributed by atoms with Crippen LogP contribution in [0.25, 0.3) is 0 Å². The maximum absolute atomic E-state index is 10.3. The highest BCUT2D eigenvalue weighted by molar-refractivity contribution is 4.85. The standard InChI is InChI=1S/C16H31NO/c1-12-5-4-7-17(8-6-12)11-15-14(3)9-13(2)10-16(15)18/h12-16,18H,4-11H2,1-3H3. The molecule has 0 amide bonds. The smallest absolute Gasteiger partial charge is 0.0585 e. The molecule has 1 heterocycles. The monoisotopic (exact) mass is 253 g/mol. The van der Waals surface area contributed by atoms with Crippen molar-refractivity contribution in [2.24, 2.45) is 23.7 Å². The molecule has 0 aromatic rings. The van der Waals surface area contributed by atoms with Crippen LogP contribution in [0.4, 0.5) is 0 Å². The maximum Gasteiger partial charge on any atom is 0.0585 e. The first kappa shape index (κ1) is 14.3. The third-order valence-corrected chi connectivity index (χ3v) is 5.22. The number of likely N-dealkylation sites (tertiary alicyclic amines) is 1. The molecule has 5 atom stereocenters. The van der Waals surface area contributed by atoms with Crippen LogP contribution in [-0.2, 0) is 0 Å². The summed E-state index contributed by atoms with van der Waals surface area (Å²) >= 11 is 0. The van der Waals surface area contributed by atoms with Crippen LogP contribution in [-0.4, -0.2) is 35.7 Å². The van der Waals surface area contributed by atoms with Crippen molar-refractivity contribution >= 4 is 0 Å². The second-order valence-electron chi connectivity index (χ2n) is 7.12. The average Bonchev–Trinajstić information content (AvgIpc) is 2.48. The normalized spacial score (nSPS) is 43.7. The minimum absolute atomic E-state index is 0.0653. The summed E-state index contributed by atoms with van der Waals surface area (Å²) in [6, 6.07) is 0. The molecule has 1 saturated carbocycles. The van der Waals surface area contributed by atoms with Gasteiger partial charge in [0.25, 0.3) is 0 Å². The molecule has 18 heavy (non-hydrogen) atoms. The minimum atomic E-state index is -0.0653. The number of aliphatic hydroxyl groups is 1. The van der Waals surface area contributed by atoms with Gasteiger partial charge in [-0.2, -0.15) is 0 Å². The lowest BCUT2D eigenvalue weighted by molar-refractivity contribution is -0.00162. The second-order valence-corrected chi connectivity index (χ2v) is 7.12. The lowest BCUT2D eigenvalue weighted by Crippen LogP contribution is -2.42. The Morgan fingerprint density at radius 3 is 2.50 bits per heavy atom. The van der Waals surface area contributed by atoms with Crippen LogP contribution >= 0.6 is 0 Å². The molecule has 2 aliphatic rings. The summed E-state index contributed by atoms with van der Waals surface area (Å²) in [5.74, 6) is 2.79. The van der Waals surface area contributed by atoms with Crippen molar-refractivity contribution in [1.82, 2.24) is 4.90 Å². The third-order valence-electron chi connectivity index (χ3n) is 5.22. The van der Waals surface area contributed by atoms with Gasteiger partial charge in [0.1, 0.15) is 0 Å². The Balaban J connectivity index is 1.87. The predicted octanol–water partition coefficient (Wildman–Crippen LogP) is 3.15. The summed E-state index contributed by atoms with van der Waals surface area (Å²) in [5, 5.41) is 10.3. The Morgan fingerprint density at radius 1 is 1.00 bits per heavy atom. The van der Waals surface area contributed by atoms with E-state index < -0.39 is 0 Å². The van der Waals surface area contributed by atoms with Crippen LogP contribution < -0.4 is 0 Å². The van der Waals surface area contributed by atoms with Gasteiger partial charge < -0.3 is 10.0 Å². The van der Waals surface area contributed by atoms with E-state index in [1.165, 1.54) is 38.8 Å². The Hall–Kier alpha value is -0.0800. The molecule has 1 aliphatic carbocycles. The first-order valence-electron chi connectivity index (χ1n) is 7.96. The van der Waals surface area contributed by atoms with Gasteiger partial charge >= 0.3 is 0 Å². The zero-order valence-corrected chi connectivity index (χ0v) is 12.4. The minimum Gasteiger partial charge on any atom is -0.393 e. The Labute approximate surface area is 113 Å². The van der Waals surface area contributed by atoms with Crippen molar-refractivity contribution in [3.8, 4) is 0 Å². The summed E-state index contributed by atoms with van der Waals surface area (Å²) in [7, 11) is 0. The molecule has 1 aliphatic heterocycles. The molecule has 2 heteroatoms. The lowest BCUT2D eigenvalue weighted by atomic mass is 9.73. The van der Waals surface area contributed by atoms with Crippen molar-refractivity contribution in [3.63, 3.8) is 0 Å². The van der Waals surface area contributed by atoms with E-state index in [2.05, 4.69) is 25.7 Å². The fraction of sp³-hybridized carbons (Fsp3) is 1.00. The van der Waals surface area contributed by atoms with E-state index in [1.54, 1.807) is 0 Å². The van der Waals surface area contributed by atoms with Gasteiger partial charge in [-0.3, -0.25) is 0 Å². The first-order valence-corrected chi connectivity index (χ1v) is 7.96. The van der Waals surface area contributed by atoms with E-state index in [9.17, 15) is 5.11 Å². The van der Waals surface area contributed by atoms with Crippen LogP contribution in [0.15, 0.2) is 0 Å². The molecule has 0 aromatic carbocycles. The molecule has 5 unspecified atom stereocenters. The maximum atomic E-state index is 10.3. The highest BCUT2D eigenvalue weighted by Gasteiger charge is 2.34. The summed E-state index contributed by atoms with van der Waals surface area (Å²) in [6.45, 7) is 10.6. The molecule has 106 valence electrons. The Bertz CT molecular complexity index is 243. The molecule has 1 saturated heterocycles. The lowest BCUT2D eigenvalue weighted by Gasteiger charge is -2.39. The van der Waals surface area contributed by atoms with E-state index in [0.29, 0.717) is 17.8 Å². The van der Waals surface area contributed by atoms with Gasteiger partial charge in [0.15, 0.2) is 0 Å². The molecule has 2 fully saturated rings. The first-order chi connectivity index (χ1) is 8.56. The zero-order chi connectivity index (χ0) is 13.1. The van der Waals surface area contributed by atoms with Crippen LogP contribution in [0, 0.1) is 23.7 Å². The van der Waals surface area contributed by atoms with Gasteiger partial charge in [0, 0.05) is 12.5 Å². The van der Waals surface area contributed by atoms with E-state index in [4.69, 9.17) is 0 Å². The molecule has 1 N–H and O–H groups in total. The number of hydrogen-bond acceptors (Lipinski definition) is 2. The Kier molecular flexibility index (Phi) is 5.08. The van der Waals surface area contributed by atoms with Crippen LogP contribution in [0.2, 0.25) is 0 Å². The van der Waals surface area contributed by atoms with E-state index >= 15 is 0 Å². The summed E-state index contributed by atoms with van der Waals surface area (Å²) in [5.41, 5.74) is 0. The Morgan fingerprint density at radius 2 is 1.78 bits per heavy atom. The summed E-state index contributed by atoms with van der Waals surface area (Å²) < 4.78 is 0. The predicted molar refractivity (Wildman–Crippen MR) is 76.5 cm³/mol. The van der Waals surface area contributed by atoms with Crippen molar-refractivity contribution < 1.29 is 5.11 Å². The summed E-state index contributed by atoms with van der Waals surface area (Å²) in [6.07, 6.45) is 6.31. The van der Waals surface area contributed by atoms with Crippen LogP contribution in [0.5, 0.6) is 0 Å². The van der Waals surface area contributed by atoms with Crippen molar-refractivity contribution in [2.45, 2.75) is 59.0 Å². The van der Waals surface area contributed by atoms with Crippen molar-refractivity contribution in [1.29, 1.82) is 0 Å². The number of hydrogen-bond donors (Lipinski definition) is 1. The fourth-order valence-corrected chi connectivity index (χ4v) is 3.98. The van der Waals surface area contributed by atoms with E-state index in [1.807, 2.05) is 0 Å². The molecule has 2 nitrogen and oxygen atoms in total. The molecular weight excluding hydrogens is 222 g/mol. The van der Waals surface area contributed by atoms with Crippen LogP contribution in [0.1, 0.15) is 52.9 Å². The van der Waals surface area contributed by atoms with E-state index in [-0.39, 0.29) is 6.10 Å². The van der Waals surface area contributed by atoms with Gasteiger partial charge in [-0.05, 0) is 62.9 Å². The van der Waals surface area contributed by atoms with Crippen LogP contribution in [0.3, 0.4) is 0 Å². The van der Waals surface area contributed by atoms with Gasteiger partial charge in [-0.15, -0.1) is 0 Å². The SMILES string of the molecule is CC1CCCN(CC2C(C)CC(C)CC2O)CC1. The van der Waals surface area contributed by atoms with E-state index in [0.717, 1.165) is 18.9 Å². The molecule has 0 bridgehead atoms. The zero-order valence-electron chi connectivity index (χ0n) is 12.4. The largest absolute Gasteiger partial charge is 0.393 e. The number of rotatable bonds is 2. The highest BCUT2D eigenvalue weighted by atomic mass is 16.3. The quantitative estimate of drug-likeness (QED) is 0.817. The average molecular weight is 253 g/mol. The molecule has 2 rings (SSSR count). The topological polar surface area (TPSA) is 23.5 Å². The molecule has 0 aromatic heterocycles. The van der Waals surface area contributed by atoms with Gasteiger partial charge in [0.05, 0.1) is 6.10 Å². The molecule has 0 radical (unpaired) electrons. The van der Waals surface area contributed by atoms with Crippen molar-refractivity contribution in [2.75, 3.05) is 19.6 Å². The summed E-state index contributed by atoms with van der Waals surface area (Å²) in [4.78, 5) is 2.61. The highest BCUT2D eigenvalue weighted by Crippen LogP contribution is 2.34. The second kappa shape index (κ2) is 6.38.